The Hall–Kier alpha value is -0.490. The maximum absolute atomic E-state index is 13.4. The summed E-state index contributed by atoms with van der Waals surface area (Å²) in [5.41, 5.74) is 6.88. The van der Waals surface area contributed by atoms with Crippen LogP contribution in [-0.2, 0) is 4.74 Å². The first kappa shape index (κ1) is 15.9. The molecule has 2 atom stereocenters. The van der Waals surface area contributed by atoms with Crippen LogP contribution in [0.25, 0.3) is 0 Å². The molecule has 0 aromatic heterocycles. The maximum Gasteiger partial charge on any atom is 0.137 e. The van der Waals surface area contributed by atoms with Crippen LogP contribution in [0.1, 0.15) is 31.4 Å². The lowest BCUT2D eigenvalue weighted by atomic mass is 9.92. The van der Waals surface area contributed by atoms with Gasteiger partial charge in [-0.3, -0.25) is 4.90 Å². The van der Waals surface area contributed by atoms with Gasteiger partial charge in [0.25, 0.3) is 0 Å². The summed E-state index contributed by atoms with van der Waals surface area (Å²) in [4.78, 5) is 2.34. The van der Waals surface area contributed by atoms with Crippen LogP contribution in [0.4, 0.5) is 4.39 Å². The molecule has 1 saturated heterocycles. The molecule has 0 radical (unpaired) electrons. The molecule has 0 spiro atoms. The predicted molar refractivity (Wildman–Crippen MR) is 82.1 cm³/mol. The summed E-state index contributed by atoms with van der Waals surface area (Å²) in [7, 11) is 1.76. The quantitative estimate of drug-likeness (QED) is 0.911. The average molecular weight is 345 g/mol. The van der Waals surface area contributed by atoms with E-state index in [1.807, 2.05) is 12.1 Å². The summed E-state index contributed by atoms with van der Waals surface area (Å²) < 4.78 is 19.5. The lowest BCUT2D eigenvalue weighted by Crippen LogP contribution is -2.49. The van der Waals surface area contributed by atoms with Gasteiger partial charge in [-0.05, 0) is 59.9 Å². The van der Waals surface area contributed by atoms with E-state index in [0.717, 1.165) is 31.5 Å². The highest BCUT2D eigenvalue weighted by Gasteiger charge is 2.34. The van der Waals surface area contributed by atoms with Gasteiger partial charge in [-0.1, -0.05) is 6.07 Å². The average Bonchev–Trinajstić information content (AvgIpc) is 2.44. The summed E-state index contributed by atoms with van der Waals surface area (Å²) in [6, 6.07) is 5.23. The first-order valence-corrected chi connectivity index (χ1v) is 7.72. The number of benzene rings is 1. The molecule has 1 aliphatic rings. The second-order valence-electron chi connectivity index (χ2n) is 5.65. The number of halogens is 2. The number of likely N-dealkylation sites (tertiary alicyclic amines) is 1. The zero-order valence-corrected chi connectivity index (χ0v) is 13.6. The highest BCUT2D eigenvalue weighted by molar-refractivity contribution is 9.10. The molecule has 1 heterocycles. The Bertz CT molecular complexity index is 471. The van der Waals surface area contributed by atoms with E-state index in [2.05, 4.69) is 27.8 Å². The molecule has 0 aliphatic carbocycles. The fourth-order valence-corrected chi connectivity index (χ4v) is 3.29. The summed E-state index contributed by atoms with van der Waals surface area (Å²) in [6.45, 7) is 4.49. The minimum atomic E-state index is -0.245. The van der Waals surface area contributed by atoms with Crippen molar-refractivity contribution in [1.29, 1.82) is 0 Å². The third-order valence-electron chi connectivity index (χ3n) is 4.17. The predicted octanol–water partition coefficient (Wildman–Crippen LogP) is 3.09. The van der Waals surface area contributed by atoms with Gasteiger partial charge < -0.3 is 10.5 Å². The Morgan fingerprint density at radius 3 is 2.90 bits per heavy atom. The number of ether oxygens (including phenoxy) is 1. The summed E-state index contributed by atoms with van der Waals surface area (Å²) in [5, 5.41) is 0. The zero-order valence-electron chi connectivity index (χ0n) is 12.0. The Morgan fingerprint density at radius 2 is 2.30 bits per heavy atom. The van der Waals surface area contributed by atoms with Gasteiger partial charge in [0, 0.05) is 26.2 Å². The first-order chi connectivity index (χ1) is 9.49. The van der Waals surface area contributed by atoms with Gasteiger partial charge >= 0.3 is 0 Å². The molecule has 1 aromatic carbocycles. The molecule has 0 bridgehead atoms. The van der Waals surface area contributed by atoms with Crippen LogP contribution in [0.3, 0.4) is 0 Å². The van der Waals surface area contributed by atoms with E-state index in [1.165, 1.54) is 6.07 Å². The van der Waals surface area contributed by atoms with Gasteiger partial charge in [-0.25, -0.2) is 4.39 Å². The third-order valence-corrected chi connectivity index (χ3v) is 4.78. The van der Waals surface area contributed by atoms with E-state index in [0.29, 0.717) is 11.0 Å². The fourth-order valence-electron chi connectivity index (χ4n) is 2.89. The van der Waals surface area contributed by atoms with Gasteiger partial charge in [0.05, 0.1) is 10.1 Å². The topological polar surface area (TPSA) is 38.5 Å². The Labute approximate surface area is 128 Å². The van der Waals surface area contributed by atoms with Crippen molar-refractivity contribution in [2.45, 2.75) is 31.4 Å². The molecule has 112 valence electrons. The van der Waals surface area contributed by atoms with Crippen molar-refractivity contribution in [1.82, 2.24) is 4.90 Å². The minimum Gasteiger partial charge on any atom is -0.377 e. The van der Waals surface area contributed by atoms with Crippen LogP contribution in [0.2, 0.25) is 0 Å². The molecular weight excluding hydrogens is 323 g/mol. The Balaban J connectivity index is 2.21. The number of rotatable bonds is 4. The lowest BCUT2D eigenvalue weighted by Gasteiger charge is -2.43. The van der Waals surface area contributed by atoms with Gasteiger partial charge in [-0.15, -0.1) is 0 Å². The van der Waals surface area contributed by atoms with Crippen LogP contribution in [0, 0.1) is 5.82 Å². The van der Waals surface area contributed by atoms with Crippen LogP contribution in [0.5, 0.6) is 0 Å². The monoisotopic (exact) mass is 344 g/mol. The molecule has 20 heavy (non-hydrogen) atoms. The molecule has 5 heteroatoms. The molecule has 2 rings (SSSR count). The van der Waals surface area contributed by atoms with Crippen molar-refractivity contribution in [3.8, 4) is 0 Å². The number of hydrogen-bond acceptors (Lipinski definition) is 3. The van der Waals surface area contributed by atoms with Gasteiger partial charge in [0.2, 0.25) is 0 Å². The van der Waals surface area contributed by atoms with Gasteiger partial charge in [0.1, 0.15) is 5.82 Å². The third kappa shape index (κ3) is 3.39. The van der Waals surface area contributed by atoms with Crippen molar-refractivity contribution in [2.75, 3.05) is 26.7 Å². The molecule has 1 aliphatic heterocycles. The number of nitrogens with two attached hydrogens (primary N) is 1. The number of nitrogens with zero attached hydrogens (tertiary/aromatic N) is 1. The number of hydrogen-bond donors (Lipinski definition) is 1. The standard InChI is InChI=1S/C15H22BrFN2O/c1-15(20-2)6-3-7-19(10-15)14(9-18)11-4-5-13(17)12(16)8-11/h4-5,8,14H,3,6-7,9-10,18H2,1-2H3. The molecule has 1 fully saturated rings. The SMILES string of the molecule is COC1(C)CCCN(C(CN)c2ccc(F)c(Br)c2)C1. The van der Waals surface area contributed by atoms with Crippen LogP contribution in [0.15, 0.2) is 22.7 Å². The van der Waals surface area contributed by atoms with Crippen molar-refractivity contribution >= 4 is 15.9 Å². The Kier molecular flexibility index (Phi) is 5.18. The molecule has 1 aromatic rings. The van der Waals surface area contributed by atoms with E-state index in [-0.39, 0.29) is 17.5 Å². The highest BCUT2D eigenvalue weighted by Crippen LogP contribution is 2.31. The van der Waals surface area contributed by atoms with E-state index in [4.69, 9.17) is 10.5 Å². The normalized spacial score (nSPS) is 25.6. The van der Waals surface area contributed by atoms with Crippen LogP contribution >= 0.6 is 15.9 Å². The van der Waals surface area contributed by atoms with E-state index >= 15 is 0 Å². The first-order valence-electron chi connectivity index (χ1n) is 6.93. The maximum atomic E-state index is 13.4. The van der Waals surface area contributed by atoms with Gasteiger partial charge in [0.15, 0.2) is 0 Å². The molecule has 0 saturated carbocycles. The zero-order chi connectivity index (χ0) is 14.8. The molecule has 3 nitrogen and oxygen atoms in total. The smallest absolute Gasteiger partial charge is 0.137 e. The second-order valence-corrected chi connectivity index (χ2v) is 6.51. The van der Waals surface area contributed by atoms with Crippen molar-refractivity contribution in [2.24, 2.45) is 5.73 Å². The van der Waals surface area contributed by atoms with Gasteiger partial charge in [-0.2, -0.15) is 0 Å². The van der Waals surface area contributed by atoms with Crippen molar-refractivity contribution < 1.29 is 9.13 Å². The molecule has 0 amide bonds. The Morgan fingerprint density at radius 1 is 1.55 bits per heavy atom. The van der Waals surface area contributed by atoms with Crippen molar-refractivity contribution in [3.05, 3.63) is 34.1 Å². The lowest BCUT2D eigenvalue weighted by molar-refractivity contribution is -0.0608. The summed E-state index contributed by atoms with van der Waals surface area (Å²) in [5.74, 6) is -0.245. The van der Waals surface area contributed by atoms with Crippen LogP contribution in [-0.4, -0.2) is 37.2 Å². The summed E-state index contributed by atoms with van der Waals surface area (Å²) >= 11 is 3.24. The minimum absolute atomic E-state index is 0.0988. The van der Waals surface area contributed by atoms with Crippen molar-refractivity contribution in [3.63, 3.8) is 0 Å². The second kappa shape index (κ2) is 6.52. The van der Waals surface area contributed by atoms with E-state index in [1.54, 1.807) is 7.11 Å². The molecule has 2 N–H and O–H groups in total. The highest BCUT2D eigenvalue weighted by atomic mass is 79.9. The van der Waals surface area contributed by atoms with Crippen LogP contribution < -0.4 is 5.73 Å². The fraction of sp³-hybridized carbons (Fsp3) is 0.600. The number of piperidine rings is 1. The molecule has 2 unspecified atom stereocenters. The summed E-state index contributed by atoms with van der Waals surface area (Å²) in [6.07, 6.45) is 2.15. The largest absolute Gasteiger partial charge is 0.377 e. The molecular formula is C15H22BrFN2O. The van der Waals surface area contributed by atoms with E-state index < -0.39 is 0 Å². The van der Waals surface area contributed by atoms with E-state index in [9.17, 15) is 4.39 Å². The number of methoxy groups -OCH3 is 1.